The Morgan fingerprint density at radius 3 is 2.38 bits per heavy atom. The van der Waals surface area contributed by atoms with E-state index in [4.69, 9.17) is 23.2 Å². The summed E-state index contributed by atoms with van der Waals surface area (Å²) < 4.78 is 2.00. The van der Waals surface area contributed by atoms with Crippen molar-refractivity contribution in [3.05, 3.63) is 16.4 Å². The van der Waals surface area contributed by atoms with Gasteiger partial charge in [-0.05, 0) is 19.8 Å². The molecule has 0 N–H and O–H groups in total. The van der Waals surface area contributed by atoms with Crippen molar-refractivity contribution in [2.24, 2.45) is 0 Å². The third-order valence-corrected chi connectivity index (χ3v) is 4.12. The van der Waals surface area contributed by atoms with Gasteiger partial charge in [-0.2, -0.15) is 5.10 Å². The SMILES string of the molecule is Cc1nn(C2CCCCCC2)c(Cl)c1CCl. The fraction of sp³-hybridized carbons (Fsp3) is 0.750. The zero-order valence-electron chi connectivity index (χ0n) is 9.68. The minimum absolute atomic E-state index is 0.456. The van der Waals surface area contributed by atoms with Crippen LogP contribution in [0.3, 0.4) is 0 Å². The Balaban J connectivity index is 2.24. The van der Waals surface area contributed by atoms with Gasteiger partial charge in [-0.25, -0.2) is 0 Å². The quantitative estimate of drug-likeness (QED) is 0.567. The van der Waals surface area contributed by atoms with Gasteiger partial charge in [0.05, 0.1) is 17.6 Å². The second-order valence-electron chi connectivity index (χ2n) is 4.58. The van der Waals surface area contributed by atoms with E-state index < -0.39 is 0 Å². The lowest BCUT2D eigenvalue weighted by Crippen LogP contribution is -2.10. The summed E-state index contributed by atoms with van der Waals surface area (Å²) in [5.41, 5.74) is 1.97. The number of hydrogen-bond acceptors (Lipinski definition) is 1. The van der Waals surface area contributed by atoms with Crippen LogP contribution in [0.5, 0.6) is 0 Å². The molecular weight excluding hydrogens is 243 g/mol. The minimum atomic E-state index is 0.456. The maximum absolute atomic E-state index is 6.33. The smallest absolute Gasteiger partial charge is 0.132 e. The van der Waals surface area contributed by atoms with Crippen molar-refractivity contribution in [3.8, 4) is 0 Å². The van der Waals surface area contributed by atoms with E-state index in [1.54, 1.807) is 0 Å². The Labute approximate surface area is 107 Å². The third kappa shape index (κ3) is 2.38. The summed E-state index contributed by atoms with van der Waals surface area (Å²) in [7, 11) is 0. The molecule has 1 saturated carbocycles. The monoisotopic (exact) mass is 260 g/mol. The lowest BCUT2D eigenvalue weighted by molar-refractivity contribution is 0.404. The zero-order valence-corrected chi connectivity index (χ0v) is 11.2. The first kappa shape index (κ1) is 12.3. The fourth-order valence-corrected chi connectivity index (χ4v) is 3.22. The molecule has 1 heterocycles. The van der Waals surface area contributed by atoms with E-state index in [-0.39, 0.29) is 0 Å². The molecule has 0 saturated heterocycles. The number of aryl methyl sites for hydroxylation is 1. The molecule has 0 spiro atoms. The summed E-state index contributed by atoms with van der Waals surface area (Å²) >= 11 is 12.2. The maximum Gasteiger partial charge on any atom is 0.132 e. The van der Waals surface area contributed by atoms with Crippen LogP contribution in [0, 0.1) is 6.92 Å². The van der Waals surface area contributed by atoms with Crippen LogP contribution in [0.2, 0.25) is 5.15 Å². The lowest BCUT2D eigenvalue weighted by atomic mass is 10.1. The van der Waals surface area contributed by atoms with Crippen LogP contribution >= 0.6 is 23.2 Å². The van der Waals surface area contributed by atoms with Crippen LogP contribution in [0.15, 0.2) is 0 Å². The van der Waals surface area contributed by atoms with E-state index >= 15 is 0 Å². The number of hydrogen-bond donors (Lipinski definition) is 0. The topological polar surface area (TPSA) is 17.8 Å². The molecule has 4 heteroatoms. The number of aromatic nitrogens is 2. The molecular formula is C12H18Cl2N2. The predicted molar refractivity (Wildman–Crippen MR) is 68.3 cm³/mol. The van der Waals surface area contributed by atoms with Gasteiger partial charge in [-0.3, -0.25) is 4.68 Å². The van der Waals surface area contributed by atoms with E-state index in [0.29, 0.717) is 11.9 Å². The van der Waals surface area contributed by atoms with Crippen molar-refractivity contribution in [2.75, 3.05) is 0 Å². The fourth-order valence-electron chi connectivity index (χ4n) is 2.45. The van der Waals surface area contributed by atoms with Gasteiger partial charge >= 0.3 is 0 Å². The molecule has 1 aromatic rings. The molecule has 1 aliphatic rings. The molecule has 0 atom stereocenters. The Bertz CT molecular complexity index is 352. The maximum atomic E-state index is 6.33. The van der Waals surface area contributed by atoms with Crippen LogP contribution in [0.4, 0.5) is 0 Å². The van der Waals surface area contributed by atoms with Gasteiger partial charge < -0.3 is 0 Å². The zero-order chi connectivity index (χ0) is 11.5. The molecule has 0 bridgehead atoms. The molecule has 0 radical (unpaired) electrons. The molecule has 90 valence electrons. The highest BCUT2D eigenvalue weighted by atomic mass is 35.5. The number of rotatable bonds is 2. The molecule has 2 rings (SSSR count). The predicted octanol–water partition coefficient (Wildman–Crippen LogP) is 4.48. The van der Waals surface area contributed by atoms with Crippen LogP contribution in [-0.4, -0.2) is 9.78 Å². The average molecular weight is 261 g/mol. The van der Waals surface area contributed by atoms with Crippen molar-refractivity contribution in [2.45, 2.75) is 57.4 Å². The molecule has 0 amide bonds. The average Bonchev–Trinajstić information content (AvgIpc) is 2.49. The number of nitrogens with zero attached hydrogens (tertiary/aromatic N) is 2. The highest BCUT2D eigenvalue weighted by molar-refractivity contribution is 6.31. The lowest BCUT2D eigenvalue weighted by Gasteiger charge is -2.15. The molecule has 1 aromatic heterocycles. The van der Waals surface area contributed by atoms with Gasteiger partial charge in [0, 0.05) is 5.56 Å². The molecule has 1 aliphatic carbocycles. The highest BCUT2D eigenvalue weighted by Crippen LogP contribution is 2.32. The molecule has 2 nitrogen and oxygen atoms in total. The first-order valence-corrected chi connectivity index (χ1v) is 6.94. The molecule has 0 unspecified atom stereocenters. The Kier molecular flexibility index (Phi) is 4.15. The summed E-state index contributed by atoms with van der Waals surface area (Å²) in [4.78, 5) is 0. The third-order valence-electron chi connectivity index (χ3n) is 3.45. The van der Waals surface area contributed by atoms with Crippen LogP contribution in [0.1, 0.15) is 55.8 Å². The van der Waals surface area contributed by atoms with Crippen LogP contribution in [-0.2, 0) is 5.88 Å². The Morgan fingerprint density at radius 2 is 1.88 bits per heavy atom. The van der Waals surface area contributed by atoms with Gasteiger partial charge in [-0.15, -0.1) is 11.6 Å². The van der Waals surface area contributed by atoms with Crippen molar-refractivity contribution in [1.29, 1.82) is 0 Å². The summed E-state index contributed by atoms with van der Waals surface area (Å²) in [6.45, 7) is 1.98. The number of halogens is 2. The molecule has 16 heavy (non-hydrogen) atoms. The second kappa shape index (κ2) is 5.42. The van der Waals surface area contributed by atoms with Gasteiger partial charge in [0.1, 0.15) is 5.15 Å². The number of alkyl halides is 1. The van der Waals surface area contributed by atoms with Crippen LogP contribution < -0.4 is 0 Å². The van der Waals surface area contributed by atoms with E-state index in [0.717, 1.165) is 16.4 Å². The molecule has 0 aliphatic heterocycles. The van der Waals surface area contributed by atoms with E-state index in [1.807, 2.05) is 11.6 Å². The largest absolute Gasteiger partial charge is 0.250 e. The van der Waals surface area contributed by atoms with Gasteiger partial charge in [0.25, 0.3) is 0 Å². The molecule has 0 aromatic carbocycles. The van der Waals surface area contributed by atoms with Gasteiger partial charge in [0.2, 0.25) is 0 Å². The summed E-state index contributed by atoms with van der Waals surface area (Å²) in [6, 6.07) is 0.477. The van der Waals surface area contributed by atoms with E-state index in [1.165, 1.54) is 38.5 Å². The first-order chi connectivity index (χ1) is 7.74. The molecule has 1 fully saturated rings. The van der Waals surface area contributed by atoms with Crippen molar-refractivity contribution < 1.29 is 0 Å². The Morgan fingerprint density at radius 1 is 1.25 bits per heavy atom. The highest BCUT2D eigenvalue weighted by Gasteiger charge is 2.20. The second-order valence-corrected chi connectivity index (χ2v) is 5.20. The van der Waals surface area contributed by atoms with Gasteiger partial charge in [-0.1, -0.05) is 37.3 Å². The van der Waals surface area contributed by atoms with Gasteiger partial charge in [0.15, 0.2) is 0 Å². The summed E-state index contributed by atoms with van der Waals surface area (Å²) in [5.74, 6) is 0.456. The summed E-state index contributed by atoms with van der Waals surface area (Å²) in [5, 5.41) is 5.30. The van der Waals surface area contributed by atoms with Crippen molar-refractivity contribution in [1.82, 2.24) is 9.78 Å². The summed E-state index contributed by atoms with van der Waals surface area (Å²) in [6.07, 6.45) is 7.66. The van der Waals surface area contributed by atoms with E-state index in [9.17, 15) is 0 Å². The van der Waals surface area contributed by atoms with Crippen molar-refractivity contribution in [3.63, 3.8) is 0 Å². The van der Waals surface area contributed by atoms with Crippen LogP contribution in [0.25, 0.3) is 0 Å². The Hall–Kier alpha value is -0.210. The standard InChI is InChI=1S/C12H18Cl2N2/c1-9-11(8-13)12(14)16(15-9)10-6-4-2-3-5-7-10/h10H,2-8H2,1H3. The minimum Gasteiger partial charge on any atom is -0.250 e. The van der Waals surface area contributed by atoms with E-state index in [2.05, 4.69) is 5.10 Å². The first-order valence-electron chi connectivity index (χ1n) is 6.03. The normalized spacial score (nSPS) is 18.7. The van der Waals surface area contributed by atoms with Crippen molar-refractivity contribution >= 4 is 23.2 Å².